The Balaban J connectivity index is 0.00000112. The van der Waals surface area contributed by atoms with Gasteiger partial charge < -0.3 is 10.5 Å². The standard InChI is InChI=1S/C11H13NOS.ClH/c1-13-10-2-3-11-9(5-7-14-11)8(10)4-6-12;/h2-3,5,7H,4,6,12H2,1H3;1H. The lowest BCUT2D eigenvalue weighted by molar-refractivity contribution is 0.410. The first-order chi connectivity index (χ1) is 6.86. The van der Waals surface area contributed by atoms with E-state index < -0.39 is 0 Å². The highest BCUT2D eigenvalue weighted by molar-refractivity contribution is 7.17. The van der Waals surface area contributed by atoms with E-state index in [1.807, 2.05) is 6.07 Å². The Kier molecular flexibility index (Phi) is 4.39. The van der Waals surface area contributed by atoms with Gasteiger partial charge in [-0.25, -0.2) is 0 Å². The summed E-state index contributed by atoms with van der Waals surface area (Å²) in [4.78, 5) is 0. The number of thiophene rings is 1. The molecule has 2 nitrogen and oxygen atoms in total. The lowest BCUT2D eigenvalue weighted by Gasteiger charge is -2.08. The molecule has 1 aromatic heterocycles. The van der Waals surface area contributed by atoms with Gasteiger partial charge in [-0.2, -0.15) is 0 Å². The minimum atomic E-state index is 0. The lowest BCUT2D eigenvalue weighted by Crippen LogP contribution is -2.04. The summed E-state index contributed by atoms with van der Waals surface area (Å²) in [6.07, 6.45) is 0.872. The van der Waals surface area contributed by atoms with Crippen LogP contribution < -0.4 is 10.5 Å². The van der Waals surface area contributed by atoms with Crippen molar-refractivity contribution in [1.29, 1.82) is 0 Å². The number of benzene rings is 1. The molecule has 0 fully saturated rings. The van der Waals surface area contributed by atoms with Crippen molar-refractivity contribution in [3.63, 3.8) is 0 Å². The van der Waals surface area contributed by atoms with Crippen LogP contribution in [0.15, 0.2) is 23.6 Å². The SMILES string of the molecule is COc1ccc2sccc2c1CCN.Cl. The van der Waals surface area contributed by atoms with Crippen molar-refractivity contribution in [2.45, 2.75) is 6.42 Å². The fraction of sp³-hybridized carbons (Fsp3) is 0.273. The van der Waals surface area contributed by atoms with Crippen LogP contribution in [0, 0.1) is 0 Å². The second-order valence-electron chi connectivity index (χ2n) is 3.12. The molecule has 15 heavy (non-hydrogen) atoms. The van der Waals surface area contributed by atoms with E-state index in [0.29, 0.717) is 6.54 Å². The van der Waals surface area contributed by atoms with Gasteiger partial charge in [0.25, 0.3) is 0 Å². The summed E-state index contributed by atoms with van der Waals surface area (Å²) in [5.41, 5.74) is 6.82. The monoisotopic (exact) mass is 243 g/mol. The van der Waals surface area contributed by atoms with Crippen LogP contribution in [0.25, 0.3) is 10.1 Å². The minimum absolute atomic E-state index is 0. The van der Waals surface area contributed by atoms with Gasteiger partial charge in [0.05, 0.1) is 7.11 Å². The Morgan fingerprint density at radius 2 is 2.13 bits per heavy atom. The zero-order valence-corrected chi connectivity index (χ0v) is 10.2. The van der Waals surface area contributed by atoms with Gasteiger partial charge in [0.1, 0.15) is 5.75 Å². The van der Waals surface area contributed by atoms with Crippen molar-refractivity contribution in [1.82, 2.24) is 0 Å². The molecule has 0 bridgehead atoms. The largest absolute Gasteiger partial charge is 0.496 e. The van der Waals surface area contributed by atoms with Crippen LogP contribution in [-0.4, -0.2) is 13.7 Å². The number of rotatable bonds is 3. The van der Waals surface area contributed by atoms with Gasteiger partial charge in [-0.15, -0.1) is 23.7 Å². The van der Waals surface area contributed by atoms with Crippen molar-refractivity contribution in [3.8, 4) is 5.75 Å². The second kappa shape index (κ2) is 5.35. The maximum atomic E-state index is 5.59. The maximum absolute atomic E-state index is 5.59. The Bertz CT molecular complexity index is 441. The maximum Gasteiger partial charge on any atom is 0.122 e. The van der Waals surface area contributed by atoms with Gasteiger partial charge >= 0.3 is 0 Å². The predicted molar refractivity (Wildman–Crippen MR) is 68.4 cm³/mol. The molecule has 1 aromatic carbocycles. The van der Waals surface area contributed by atoms with E-state index in [2.05, 4.69) is 17.5 Å². The Hall–Kier alpha value is -0.770. The third-order valence-corrected chi connectivity index (χ3v) is 3.20. The molecule has 0 aliphatic carbocycles. The summed E-state index contributed by atoms with van der Waals surface area (Å²) >= 11 is 1.75. The molecule has 1 heterocycles. The summed E-state index contributed by atoms with van der Waals surface area (Å²) < 4.78 is 6.62. The zero-order valence-electron chi connectivity index (χ0n) is 8.53. The number of hydrogen-bond donors (Lipinski definition) is 1. The Labute approximate surface area is 99.5 Å². The molecule has 0 amide bonds. The third-order valence-electron chi connectivity index (χ3n) is 2.32. The predicted octanol–water partition coefficient (Wildman–Crippen LogP) is 2.83. The first-order valence-corrected chi connectivity index (χ1v) is 5.48. The first-order valence-electron chi connectivity index (χ1n) is 4.60. The summed E-state index contributed by atoms with van der Waals surface area (Å²) in [6, 6.07) is 6.25. The molecule has 0 aliphatic rings. The summed E-state index contributed by atoms with van der Waals surface area (Å²) in [5.74, 6) is 0.946. The van der Waals surface area contributed by atoms with Gasteiger partial charge in [-0.05, 0) is 41.9 Å². The highest BCUT2D eigenvalue weighted by atomic mass is 35.5. The molecule has 2 rings (SSSR count). The van der Waals surface area contributed by atoms with E-state index >= 15 is 0 Å². The third kappa shape index (κ3) is 2.25. The molecule has 0 radical (unpaired) electrons. The fourth-order valence-corrected chi connectivity index (χ4v) is 2.49. The molecule has 0 saturated heterocycles. The van der Waals surface area contributed by atoms with Crippen molar-refractivity contribution < 1.29 is 4.74 Å². The molecular weight excluding hydrogens is 230 g/mol. The number of halogens is 1. The van der Waals surface area contributed by atoms with Gasteiger partial charge in [-0.3, -0.25) is 0 Å². The number of hydrogen-bond acceptors (Lipinski definition) is 3. The highest BCUT2D eigenvalue weighted by Gasteiger charge is 2.07. The molecule has 2 aromatic rings. The quantitative estimate of drug-likeness (QED) is 0.900. The van der Waals surface area contributed by atoms with Crippen molar-refractivity contribution >= 4 is 33.8 Å². The van der Waals surface area contributed by atoms with Crippen molar-refractivity contribution in [2.24, 2.45) is 5.73 Å². The van der Waals surface area contributed by atoms with Crippen molar-refractivity contribution in [2.75, 3.05) is 13.7 Å². The van der Waals surface area contributed by atoms with Crippen LogP contribution in [-0.2, 0) is 6.42 Å². The number of fused-ring (bicyclic) bond motifs is 1. The van der Waals surface area contributed by atoms with Gasteiger partial charge in [0.15, 0.2) is 0 Å². The van der Waals surface area contributed by atoms with E-state index in [9.17, 15) is 0 Å². The Morgan fingerprint density at radius 3 is 2.80 bits per heavy atom. The van der Waals surface area contributed by atoms with Gasteiger partial charge in [-0.1, -0.05) is 0 Å². The summed E-state index contributed by atoms with van der Waals surface area (Å²) in [7, 11) is 1.70. The van der Waals surface area contributed by atoms with Crippen molar-refractivity contribution in [3.05, 3.63) is 29.1 Å². The van der Waals surface area contributed by atoms with E-state index in [1.165, 1.54) is 15.6 Å². The average molecular weight is 244 g/mol. The molecule has 2 N–H and O–H groups in total. The van der Waals surface area contributed by atoms with Gasteiger partial charge in [0, 0.05) is 10.3 Å². The van der Waals surface area contributed by atoms with Crippen LogP contribution in [0.3, 0.4) is 0 Å². The Morgan fingerprint density at radius 1 is 1.33 bits per heavy atom. The lowest BCUT2D eigenvalue weighted by atomic mass is 10.1. The molecule has 0 aliphatic heterocycles. The van der Waals surface area contributed by atoms with Gasteiger partial charge in [0.2, 0.25) is 0 Å². The number of methoxy groups -OCH3 is 1. The molecule has 82 valence electrons. The smallest absolute Gasteiger partial charge is 0.122 e. The molecule has 4 heteroatoms. The van der Waals surface area contributed by atoms with Crippen LogP contribution in [0.2, 0.25) is 0 Å². The first kappa shape index (κ1) is 12.3. The van der Waals surface area contributed by atoms with E-state index in [1.54, 1.807) is 18.4 Å². The molecule has 0 saturated carbocycles. The zero-order chi connectivity index (χ0) is 9.97. The topological polar surface area (TPSA) is 35.2 Å². The van der Waals surface area contributed by atoms with E-state index in [0.717, 1.165) is 12.2 Å². The van der Waals surface area contributed by atoms with E-state index in [-0.39, 0.29) is 12.4 Å². The molecule has 0 unspecified atom stereocenters. The van der Waals surface area contributed by atoms with E-state index in [4.69, 9.17) is 10.5 Å². The van der Waals surface area contributed by atoms with Crippen LogP contribution in [0.5, 0.6) is 5.75 Å². The van der Waals surface area contributed by atoms with Crippen LogP contribution in [0.1, 0.15) is 5.56 Å². The highest BCUT2D eigenvalue weighted by Crippen LogP contribution is 2.31. The summed E-state index contributed by atoms with van der Waals surface area (Å²) in [5, 5.41) is 3.38. The molecular formula is C11H14ClNOS. The summed E-state index contributed by atoms with van der Waals surface area (Å²) in [6.45, 7) is 0.658. The van der Waals surface area contributed by atoms with Crippen LogP contribution in [0.4, 0.5) is 0 Å². The number of nitrogens with two attached hydrogens (primary N) is 1. The normalized spacial score (nSPS) is 10.0. The molecule has 0 spiro atoms. The van der Waals surface area contributed by atoms with Crippen LogP contribution >= 0.6 is 23.7 Å². The second-order valence-corrected chi connectivity index (χ2v) is 4.07. The molecule has 0 atom stereocenters. The average Bonchev–Trinajstić information content (AvgIpc) is 2.67. The minimum Gasteiger partial charge on any atom is -0.496 e. The fourth-order valence-electron chi connectivity index (χ4n) is 1.68. The number of ether oxygens (including phenoxy) is 1.